The van der Waals surface area contributed by atoms with E-state index >= 15 is 0 Å². The van der Waals surface area contributed by atoms with Gasteiger partial charge in [-0.3, -0.25) is 15.0 Å². The van der Waals surface area contributed by atoms with Gasteiger partial charge in [0.2, 0.25) is 0 Å². The van der Waals surface area contributed by atoms with Gasteiger partial charge in [0.15, 0.2) is 0 Å². The fraction of sp³-hybridized carbons (Fsp3) is 0.111. The monoisotopic (exact) mass is 178 g/mol. The normalized spacial score (nSPS) is 11.1. The lowest BCUT2D eigenvalue weighted by molar-refractivity contribution is -0.124. The van der Waals surface area contributed by atoms with Gasteiger partial charge in [-0.05, 0) is 30.2 Å². The maximum absolute atomic E-state index is 10.7. The Morgan fingerprint density at radius 2 is 2.15 bits per heavy atom. The summed E-state index contributed by atoms with van der Waals surface area (Å²) in [7, 11) is 0. The van der Waals surface area contributed by atoms with Crippen LogP contribution >= 0.6 is 0 Å². The van der Waals surface area contributed by atoms with E-state index in [1.807, 2.05) is 0 Å². The lowest BCUT2D eigenvalue weighted by Crippen LogP contribution is -2.15. The van der Waals surface area contributed by atoms with Crippen LogP contribution in [0.15, 0.2) is 30.6 Å². The average molecular weight is 178 g/mol. The third-order valence-electron chi connectivity index (χ3n) is 1.59. The van der Waals surface area contributed by atoms with Gasteiger partial charge < -0.3 is 0 Å². The first-order chi connectivity index (χ1) is 6.24. The van der Waals surface area contributed by atoms with Crippen molar-refractivity contribution in [1.29, 1.82) is 0 Å². The molecule has 0 aromatic carbocycles. The Morgan fingerprint density at radius 3 is 2.69 bits per heavy atom. The quantitative estimate of drug-likeness (QED) is 0.403. The summed E-state index contributed by atoms with van der Waals surface area (Å²) in [6.07, 6.45) is 4.60. The van der Waals surface area contributed by atoms with Crippen molar-refractivity contribution in [2.45, 2.75) is 6.92 Å². The summed E-state index contributed by atoms with van der Waals surface area (Å²) in [5.74, 6) is -0.533. The lowest BCUT2D eigenvalue weighted by Gasteiger charge is -1.99. The second kappa shape index (κ2) is 4.37. The first-order valence-corrected chi connectivity index (χ1v) is 3.77. The average Bonchev–Trinajstić information content (AvgIpc) is 2.19. The van der Waals surface area contributed by atoms with Crippen LogP contribution in [0.3, 0.4) is 0 Å². The van der Waals surface area contributed by atoms with E-state index < -0.39 is 5.91 Å². The molecule has 0 spiro atoms. The molecule has 0 unspecified atom stereocenters. The largest absolute Gasteiger partial charge is 0.288 e. The van der Waals surface area contributed by atoms with E-state index in [9.17, 15) is 4.79 Å². The number of hydrogen-bond donors (Lipinski definition) is 2. The number of amides is 1. The molecule has 1 aromatic heterocycles. The number of hydrogen-bond acceptors (Lipinski definition) is 3. The van der Waals surface area contributed by atoms with E-state index in [-0.39, 0.29) is 0 Å². The second-order valence-electron chi connectivity index (χ2n) is 2.54. The Bertz CT molecular complexity index is 320. The fourth-order valence-corrected chi connectivity index (χ4v) is 0.927. The minimum Gasteiger partial charge on any atom is -0.288 e. The summed E-state index contributed by atoms with van der Waals surface area (Å²) in [6.45, 7) is 1.78. The minimum absolute atomic E-state index is 0.533. The Labute approximate surface area is 75.9 Å². The minimum atomic E-state index is -0.533. The Morgan fingerprint density at radius 1 is 1.54 bits per heavy atom. The molecule has 0 aliphatic carbocycles. The molecule has 0 aliphatic heterocycles. The number of nitrogens with zero attached hydrogens (tertiary/aromatic N) is 1. The molecule has 1 amide bonds. The molecule has 1 heterocycles. The summed E-state index contributed by atoms with van der Waals surface area (Å²) < 4.78 is 0. The van der Waals surface area contributed by atoms with Gasteiger partial charge in [-0.2, -0.15) is 0 Å². The molecule has 0 bridgehead atoms. The molecule has 1 rings (SSSR count). The van der Waals surface area contributed by atoms with Crippen LogP contribution in [0.1, 0.15) is 12.5 Å². The van der Waals surface area contributed by atoms with Crippen LogP contribution in [0.4, 0.5) is 0 Å². The molecule has 4 nitrogen and oxygen atoms in total. The highest BCUT2D eigenvalue weighted by molar-refractivity contribution is 5.93. The molecular weight excluding hydrogens is 168 g/mol. The van der Waals surface area contributed by atoms with Gasteiger partial charge in [0, 0.05) is 18.5 Å². The molecule has 0 saturated carbocycles. The maximum atomic E-state index is 10.7. The third-order valence-corrected chi connectivity index (χ3v) is 1.59. The van der Waals surface area contributed by atoms with Crippen molar-refractivity contribution in [3.63, 3.8) is 0 Å². The summed E-state index contributed by atoms with van der Waals surface area (Å²) >= 11 is 0. The van der Waals surface area contributed by atoms with Crippen LogP contribution < -0.4 is 5.48 Å². The molecule has 0 aliphatic rings. The summed E-state index contributed by atoms with van der Waals surface area (Å²) in [5, 5.41) is 8.27. The Hall–Kier alpha value is -1.68. The Kier molecular flexibility index (Phi) is 3.16. The number of rotatable bonds is 2. The number of carbonyl (C=O) groups excluding carboxylic acids is 1. The van der Waals surface area contributed by atoms with Crippen LogP contribution in [0, 0.1) is 0 Å². The fourth-order valence-electron chi connectivity index (χ4n) is 0.927. The van der Waals surface area contributed by atoms with Gasteiger partial charge in [-0.25, -0.2) is 5.48 Å². The molecule has 0 atom stereocenters. The Balaban J connectivity index is 2.85. The molecule has 13 heavy (non-hydrogen) atoms. The molecule has 0 radical (unpaired) electrons. The van der Waals surface area contributed by atoms with Crippen molar-refractivity contribution in [2.75, 3.05) is 0 Å². The molecule has 0 fully saturated rings. The van der Waals surface area contributed by atoms with Crippen LogP contribution in [0.2, 0.25) is 0 Å². The number of hydroxylamine groups is 1. The number of allylic oxidation sites excluding steroid dienone is 1. The predicted molar refractivity (Wildman–Crippen MR) is 47.8 cm³/mol. The number of carbonyl (C=O) groups is 1. The van der Waals surface area contributed by atoms with Crippen molar-refractivity contribution in [1.82, 2.24) is 10.5 Å². The highest BCUT2D eigenvalue weighted by Gasteiger charge is 1.97. The zero-order valence-corrected chi connectivity index (χ0v) is 7.19. The van der Waals surface area contributed by atoms with E-state index in [0.29, 0.717) is 0 Å². The SMILES string of the molecule is C/C(=C/C(=O)NO)c1ccncc1. The number of pyridine rings is 1. The standard InChI is InChI=1S/C9H10N2O2/c1-7(6-9(12)11-13)8-2-4-10-5-3-8/h2-6,13H,1H3,(H,11,12)/b7-6-. The first kappa shape index (κ1) is 9.41. The van der Waals surface area contributed by atoms with Gasteiger partial charge in [0.25, 0.3) is 5.91 Å². The first-order valence-electron chi connectivity index (χ1n) is 3.77. The smallest absolute Gasteiger partial charge is 0.267 e. The zero-order valence-electron chi connectivity index (χ0n) is 7.19. The number of nitrogens with one attached hydrogen (secondary N) is 1. The van der Waals surface area contributed by atoms with E-state index in [1.165, 1.54) is 11.6 Å². The van der Waals surface area contributed by atoms with Crippen molar-refractivity contribution in [3.05, 3.63) is 36.2 Å². The van der Waals surface area contributed by atoms with Crippen LogP contribution in [-0.2, 0) is 4.79 Å². The molecular formula is C9H10N2O2. The van der Waals surface area contributed by atoms with Crippen LogP contribution in [-0.4, -0.2) is 16.1 Å². The summed E-state index contributed by atoms with van der Waals surface area (Å²) in [6, 6.07) is 3.58. The molecule has 0 saturated heterocycles. The molecule has 4 heteroatoms. The van der Waals surface area contributed by atoms with Crippen molar-refractivity contribution >= 4 is 11.5 Å². The van der Waals surface area contributed by atoms with Gasteiger partial charge in [0.1, 0.15) is 0 Å². The van der Waals surface area contributed by atoms with E-state index in [4.69, 9.17) is 5.21 Å². The van der Waals surface area contributed by atoms with Gasteiger partial charge in [-0.1, -0.05) is 0 Å². The summed E-state index contributed by atoms with van der Waals surface area (Å²) in [5.41, 5.74) is 3.21. The van der Waals surface area contributed by atoms with Gasteiger partial charge >= 0.3 is 0 Å². The zero-order chi connectivity index (χ0) is 9.68. The molecule has 68 valence electrons. The topological polar surface area (TPSA) is 62.2 Å². The maximum Gasteiger partial charge on any atom is 0.267 e. The van der Waals surface area contributed by atoms with Crippen molar-refractivity contribution in [2.24, 2.45) is 0 Å². The van der Waals surface area contributed by atoms with Crippen molar-refractivity contribution < 1.29 is 10.0 Å². The second-order valence-corrected chi connectivity index (χ2v) is 2.54. The molecule has 2 N–H and O–H groups in total. The van der Waals surface area contributed by atoms with Crippen LogP contribution in [0.5, 0.6) is 0 Å². The van der Waals surface area contributed by atoms with E-state index in [1.54, 1.807) is 31.5 Å². The third kappa shape index (κ3) is 2.68. The van der Waals surface area contributed by atoms with Crippen molar-refractivity contribution in [3.8, 4) is 0 Å². The van der Waals surface area contributed by atoms with Gasteiger partial charge in [-0.15, -0.1) is 0 Å². The van der Waals surface area contributed by atoms with Gasteiger partial charge in [0.05, 0.1) is 0 Å². The molecule has 1 aromatic rings. The lowest BCUT2D eigenvalue weighted by atomic mass is 10.1. The highest BCUT2D eigenvalue weighted by Crippen LogP contribution is 2.10. The predicted octanol–water partition coefficient (Wildman–Crippen LogP) is 0.990. The summed E-state index contributed by atoms with van der Waals surface area (Å²) in [4.78, 5) is 14.6. The van der Waals surface area contributed by atoms with E-state index in [0.717, 1.165) is 11.1 Å². The van der Waals surface area contributed by atoms with Crippen LogP contribution in [0.25, 0.3) is 5.57 Å². The van der Waals surface area contributed by atoms with E-state index in [2.05, 4.69) is 4.98 Å². The highest BCUT2D eigenvalue weighted by atomic mass is 16.5. The number of aromatic nitrogens is 1.